The summed E-state index contributed by atoms with van der Waals surface area (Å²) in [4.78, 5) is 16.9. The van der Waals surface area contributed by atoms with Gasteiger partial charge in [0, 0.05) is 43.4 Å². The van der Waals surface area contributed by atoms with E-state index in [-0.39, 0.29) is 12.5 Å². The zero-order valence-corrected chi connectivity index (χ0v) is 18.8. The van der Waals surface area contributed by atoms with Crippen LogP contribution in [0.4, 0.5) is 0 Å². The van der Waals surface area contributed by atoms with E-state index >= 15 is 0 Å². The number of halogens is 1. The van der Waals surface area contributed by atoms with E-state index in [9.17, 15) is 4.79 Å². The van der Waals surface area contributed by atoms with Crippen molar-refractivity contribution in [1.82, 2.24) is 9.80 Å². The predicted octanol–water partition coefficient (Wildman–Crippen LogP) is 4.95. The number of carbonyl (C=O) groups excluding carboxylic acids is 1. The summed E-state index contributed by atoms with van der Waals surface area (Å²) in [5.41, 5.74) is 3.41. The number of rotatable bonds is 8. The minimum Gasteiger partial charge on any atom is -0.396 e. The van der Waals surface area contributed by atoms with E-state index in [4.69, 9.17) is 16.7 Å². The molecule has 0 saturated heterocycles. The first-order chi connectivity index (χ1) is 14.5. The van der Waals surface area contributed by atoms with E-state index in [1.807, 2.05) is 11.9 Å². The number of amides is 1. The maximum absolute atomic E-state index is 12.8. The molecule has 4 nitrogen and oxygen atoms in total. The monoisotopic (exact) mass is 428 g/mol. The summed E-state index contributed by atoms with van der Waals surface area (Å²) in [7, 11) is 4.01. The van der Waals surface area contributed by atoms with Crippen molar-refractivity contribution in [2.45, 2.75) is 50.6 Å². The van der Waals surface area contributed by atoms with Gasteiger partial charge in [-0.05, 0) is 80.5 Å². The summed E-state index contributed by atoms with van der Waals surface area (Å²) >= 11 is 5.94. The van der Waals surface area contributed by atoms with Gasteiger partial charge in [-0.15, -0.1) is 0 Å². The molecule has 1 fully saturated rings. The van der Waals surface area contributed by atoms with Crippen LogP contribution in [0.25, 0.3) is 0 Å². The summed E-state index contributed by atoms with van der Waals surface area (Å²) in [6, 6.07) is 16.4. The molecule has 1 amide bonds. The molecule has 3 rings (SSSR count). The van der Waals surface area contributed by atoms with Crippen LogP contribution in [0.15, 0.2) is 48.5 Å². The highest BCUT2D eigenvalue weighted by atomic mass is 35.5. The second kappa shape index (κ2) is 10.9. The fourth-order valence-corrected chi connectivity index (χ4v) is 4.51. The molecule has 30 heavy (non-hydrogen) atoms. The summed E-state index contributed by atoms with van der Waals surface area (Å²) in [5, 5.41) is 9.61. The van der Waals surface area contributed by atoms with Gasteiger partial charge in [-0.2, -0.15) is 0 Å². The third-order valence-electron chi connectivity index (χ3n) is 6.26. The predicted molar refractivity (Wildman–Crippen MR) is 123 cm³/mol. The smallest absolute Gasteiger partial charge is 0.253 e. The van der Waals surface area contributed by atoms with Crippen LogP contribution in [0.5, 0.6) is 0 Å². The Labute approximate surface area is 185 Å². The van der Waals surface area contributed by atoms with Crippen molar-refractivity contribution in [3.63, 3.8) is 0 Å². The van der Waals surface area contributed by atoms with Crippen LogP contribution in [-0.2, 0) is 6.54 Å². The highest BCUT2D eigenvalue weighted by molar-refractivity contribution is 6.30. The highest BCUT2D eigenvalue weighted by Crippen LogP contribution is 2.35. The van der Waals surface area contributed by atoms with E-state index in [2.05, 4.69) is 36.2 Å². The Hall–Kier alpha value is -1.88. The topological polar surface area (TPSA) is 43.8 Å². The molecule has 2 aromatic carbocycles. The van der Waals surface area contributed by atoms with Crippen LogP contribution < -0.4 is 0 Å². The first-order valence-electron chi connectivity index (χ1n) is 10.9. The van der Waals surface area contributed by atoms with Gasteiger partial charge in [0.2, 0.25) is 0 Å². The lowest BCUT2D eigenvalue weighted by Gasteiger charge is -2.35. The van der Waals surface area contributed by atoms with Crippen LogP contribution in [0.2, 0.25) is 5.02 Å². The number of aliphatic hydroxyl groups is 1. The molecule has 0 heterocycles. The first kappa shape index (κ1) is 22.8. The number of benzene rings is 2. The van der Waals surface area contributed by atoms with Crippen molar-refractivity contribution in [3.05, 3.63) is 70.2 Å². The normalized spacial score (nSPS) is 19.1. The zero-order valence-electron chi connectivity index (χ0n) is 18.1. The number of carbonyl (C=O) groups is 1. The van der Waals surface area contributed by atoms with Crippen molar-refractivity contribution in [2.75, 3.05) is 27.2 Å². The Balaban J connectivity index is 1.51. The van der Waals surface area contributed by atoms with E-state index in [1.54, 1.807) is 24.3 Å². The van der Waals surface area contributed by atoms with Gasteiger partial charge in [0.05, 0.1) is 0 Å². The number of aliphatic hydroxyl groups excluding tert-OH is 1. The SMILES string of the molecule is CN(CCCO)Cc1ccc([C@H]2CC[C@H](N(C)C(=O)c3ccc(Cl)cc3)CC2)cc1. The molecule has 1 saturated carbocycles. The van der Waals surface area contributed by atoms with Crippen LogP contribution in [-0.4, -0.2) is 54.1 Å². The fourth-order valence-electron chi connectivity index (χ4n) is 4.38. The molecule has 0 radical (unpaired) electrons. The second-order valence-corrected chi connectivity index (χ2v) is 8.92. The molecule has 5 heteroatoms. The van der Waals surface area contributed by atoms with Gasteiger partial charge in [-0.25, -0.2) is 0 Å². The highest BCUT2D eigenvalue weighted by Gasteiger charge is 2.27. The van der Waals surface area contributed by atoms with Gasteiger partial charge in [-0.1, -0.05) is 35.9 Å². The molecule has 0 bridgehead atoms. The van der Waals surface area contributed by atoms with Gasteiger partial charge in [0.1, 0.15) is 0 Å². The molecule has 1 N–H and O–H groups in total. The molecule has 0 aromatic heterocycles. The first-order valence-corrected chi connectivity index (χ1v) is 11.3. The van der Waals surface area contributed by atoms with Crippen molar-refractivity contribution < 1.29 is 9.90 Å². The van der Waals surface area contributed by atoms with Crippen LogP contribution in [0.3, 0.4) is 0 Å². The average Bonchev–Trinajstić information content (AvgIpc) is 2.78. The zero-order chi connectivity index (χ0) is 21.5. The van der Waals surface area contributed by atoms with Gasteiger partial charge in [-0.3, -0.25) is 4.79 Å². The van der Waals surface area contributed by atoms with Crippen LogP contribution in [0.1, 0.15) is 59.5 Å². The largest absolute Gasteiger partial charge is 0.396 e. The summed E-state index contributed by atoms with van der Waals surface area (Å²) in [5.74, 6) is 0.645. The van der Waals surface area contributed by atoms with E-state index in [0.29, 0.717) is 22.5 Å². The van der Waals surface area contributed by atoms with E-state index in [1.165, 1.54) is 11.1 Å². The summed E-state index contributed by atoms with van der Waals surface area (Å²) in [6.45, 7) is 2.06. The molecular formula is C25H33ClN2O2. The molecular weight excluding hydrogens is 396 g/mol. The summed E-state index contributed by atoms with van der Waals surface area (Å²) < 4.78 is 0. The Morgan fingerprint density at radius 1 is 1.00 bits per heavy atom. The molecule has 1 aliphatic carbocycles. The van der Waals surface area contributed by atoms with Gasteiger partial charge < -0.3 is 14.9 Å². The van der Waals surface area contributed by atoms with Crippen LogP contribution in [0, 0.1) is 0 Å². The lowest BCUT2D eigenvalue weighted by atomic mass is 9.81. The molecule has 0 atom stereocenters. The van der Waals surface area contributed by atoms with Crippen molar-refractivity contribution in [1.29, 1.82) is 0 Å². The minimum absolute atomic E-state index is 0.0739. The molecule has 0 spiro atoms. The van der Waals surface area contributed by atoms with Gasteiger partial charge in [0.25, 0.3) is 5.91 Å². The minimum atomic E-state index is 0.0739. The van der Waals surface area contributed by atoms with Crippen molar-refractivity contribution >= 4 is 17.5 Å². The Kier molecular flexibility index (Phi) is 8.32. The maximum atomic E-state index is 12.8. The van der Waals surface area contributed by atoms with Crippen LogP contribution >= 0.6 is 11.6 Å². The third-order valence-corrected chi connectivity index (χ3v) is 6.51. The standard InChI is InChI=1S/C25H33ClN2O2/c1-27(16-3-17-29)18-19-4-6-20(7-5-19)21-10-14-24(15-11-21)28(2)25(30)22-8-12-23(26)13-9-22/h4-9,12-13,21,24,29H,3,10-11,14-18H2,1-2H3/t21-,24-. The Bertz CT molecular complexity index is 799. The molecule has 162 valence electrons. The maximum Gasteiger partial charge on any atom is 0.253 e. The van der Waals surface area contributed by atoms with E-state index in [0.717, 1.165) is 45.2 Å². The van der Waals surface area contributed by atoms with Crippen molar-refractivity contribution in [2.24, 2.45) is 0 Å². The Morgan fingerprint density at radius 2 is 1.63 bits per heavy atom. The van der Waals surface area contributed by atoms with Gasteiger partial charge >= 0.3 is 0 Å². The molecule has 2 aromatic rings. The fraction of sp³-hybridized carbons (Fsp3) is 0.480. The van der Waals surface area contributed by atoms with Gasteiger partial charge in [0.15, 0.2) is 0 Å². The third kappa shape index (κ3) is 6.07. The molecule has 0 unspecified atom stereocenters. The molecule has 1 aliphatic rings. The number of hydrogen-bond acceptors (Lipinski definition) is 3. The lowest BCUT2D eigenvalue weighted by Crippen LogP contribution is -2.39. The second-order valence-electron chi connectivity index (χ2n) is 8.48. The number of hydrogen-bond donors (Lipinski definition) is 1. The summed E-state index contributed by atoms with van der Waals surface area (Å²) in [6.07, 6.45) is 5.10. The lowest BCUT2D eigenvalue weighted by molar-refractivity contribution is 0.0689. The average molecular weight is 429 g/mol. The number of nitrogens with zero attached hydrogens (tertiary/aromatic N) is 2. The molecule has 0 aliphatic heterocycles. The van der Waals surface area contributed by atoms with Crippen molar-refractivity contribution in [3.8, 4) is 0 Å². The Morgan fingerprint density at radius 3 is 2.23 bits per heavy atom. The quantitative estimate of drug-likeness (QED) is 0.646. The van der Waals surface area contributed by atoms with E-state index < -0.39 is 0 Å².